The van der Waals surface area contributed by atoms with Crippen molar-refractivity contribution >= 4 is 16.6 Å². The van der Waals surface area contributed by atoms with Crippen molar-refractivity contribution in [3.05, 3.63) is 59.5 Å². The highest BCUT2D eigenvalue weighted by Crippen LogP contribution is 2.32. The van der Waals surface area contributed by atoms with E-state index in [1.54, 1.807) is 6.07 Å². The van der Waals surface area contributed by atoms with Crippen LogP contribution in [0.15, 0.2) is 42.5 Å². The fourth-order valence-electron chi connectivity index (χ4n) is 2.27. The van der Waals surface area contributed by atoms with Gasteiger partial charge in [-0.25, -0.2) is 4.39 Å². The van der Waals surface area contributed by atoms with Crippen LogP contribution in [0.1, 0.15) is 11.3 Å². The van der Waals surface area contributed by atoms with Crippen LogP contribution in [0.25, 0.3) is 10.9 Å². The van der Waals surface area contributed by atoms with Crippen molar-refractivity contribution in [2.45, 2.75) is 13.8 Å². The molecule has 0 saturated heterocycles. The lowest BCUT2D eigenvalue weighted by Crippen LogP contribution is -1.94. The molecular weight excluding hydrogens is 267 g/mol. The Labute approximate surface area is 122 Å². The summed E-state index contributed by atoms with van der Waals surface area (Å²) < 4.78 is 19.1. The Morgan fingerprint density at radius 1 is 1.00 bits per heavy atom. The zero-order chi connectivity index (χ0) is 15.0. The van der Waals surface area contributed by atoms with Gasteiger partial charge in [0.2, 0.25) is 0 Å². The van der Waals surface area contributed by atoms with Gasteiger partial charge in [0.05, 0.1) is 5.52 Å². The van der Waals surface area contributed by atoms with Gasteiger partial charge < -0.3 is 10.5 Å². The van der Waals surface area contributed by atoms with Crippen LogP contribution in [0.4, 0.5) is 10.1 Å². The fourth-order valence-corrected chi connectivity index (χ4v) is 2.27. The van der Waals surface area contributed by atoms with Gasteiger partial charge in [0.1, 0.15) is 17.3 Å². The summed E-state index contributed by atoms with van der Waals surface area (Å²) in [4.78, 5) is 4.46. The molecule has 0 aliphatic rings. The maximum Gasteiger partial charge on any atom is 0.138 e. The van der Waals surface area contributed by atoms with E-state index in [-0.39, 0.29) is 5.82 Å². The van der Waals surface area contributed by atoms with Gasteiger partial charge in [-0.1, -0.05) is 0 Å². The standard InChI is InChI=1S/C17H15FN2O/c1-10-7-12(18)3-6-16(10)21-17-8-11(2)20-15-5-4-13(19)9-14(15)17/h3-9H,19H2,1-2H3. The summed E-state index contributed by atoms with van der Waals surface area (Å²) in [5.74, 6) is 1.00. The van der Waals surface area contributed by atoms with Gasteiger partial charge in [-0.05, 0) is 55.8 Å². The van der Waals surface area contributed by atoms with Gasteiger partial charge in [0.15, 0.2) is 0 Å². The Bertz CT molecular complexity index is 830. The highest BCUT2D eigenvalue weighted by molar-refractivity contribution is 5.88. The molecule has 0 radical (unpaired) electrons. The van der Waals surface area contributed by atoms with Gasteiger partial charge in [0, 0.05) is 22.8 Å². The number of hydrogen-bond acceptors (Lipinski definition) is 3. The number of rotatable bonds is 2. The lowest BCUT2D eigenvalue weighted by molar-refractivity contribution is 0.481. The largest absolute Gasteiger partial charge is 0.456 e. The molecule has 21 heavy (non-hydrogen) atoms. The third-order valence-corrected chi connectivity index (χ3v) is 3.28. The molecule has 1 aromatic heterocycles. The predicted molar refractivity (Wildman–Crippen MR) is 82.1 cm³/mol. The molecule has 0 amide bonds. The Hall–Kier alpha value is -2.62. The lowest BCUT2D eigenvalue weighted by atomic mass is 10.1. The van der Waals surface area contributed by atoms with Crippen LogP contribution in [0, 0.1) is 19.7 Å². The number of halogens is 1. The molecule has 3 rings (SSSR count). The summed E-state index contributed by atoms with van der Waals surface area (Å²) in [5, 5.41) is 0.837. The van der Waals surface area contributed by atoms with Crippen molar-refractivity contribution in [3.8, 4) is 11.5 Å². The Morgan fingerprint density at radius 3 is 2.57 bits per heavy atom. The van der Waals surface area contributed by atoms with E-state index in [0.717, 1.165) is 22.2 Å². The maximum absolute atomic E-state index is 13.2. The number of aromatic nitrogens is 1. The highest BCUT2D eigenvalue weighted by Gasteiger charge is 2.09. The monoisotopic (exact) mass is 282 g/mol. The minimum absolute atomic E-state index is 0.278. The second kappa shape index (κ2) is 5.05. The first-order valence-corrected chi connectivity index (χ1v) is 6.64. The molecule has 0 aliphatic heterocycles. The highest BCUT2D eigenvalue weighted by atomic mass is 19.1. The van der Waals surface area contributed by atoms with Crippen molar-refractivity contribution in [2.24, 2.45) is 0 Å². The molecule has 1 heterocycles. The number of anilines is 1. The first kappa shape index (κ1) is 13.4. The van der Waals surface area contributed by atoms with Crippen LogP contribution in [0.3, 0.4) is 0 Å². The molecular formula is C17H15FN2O. The Morgan fingerprint density at radius 2 is 1.81 bits per heavy atom. The van der Waals surface area contributed by atoms with E-state index in [9.17, 15) is 4.39 Å². The number of aryl methyl sites for hydroxylation is 2. The van der Waals surface area contributed by atoms with Crippen LogP contribution in [-0.2, 0) is 0 Å². The van der Waals surface area contributed by atoms with Crippen molar-refractivity contribution in [2.75, 3.05) is 5.73 Å². The Kier molecular flexibility index (Phi) is 3.22. The van der Waals surface area contributed by atoms with Crippen LogP contribution in [0.5, 0.6) is 11.5 Å². The first-order valence-electron chi connectivity index (χ1n) is 6.64. The third-order valence-electron chi connectivity index (χ3n) is 3.28. The van der Waals surface area contributed by atoms with E-state index in [4.69, 9.17) is 10.5 Å². The predicted octanol–water partition coefficient (Wildman–Crippen LogP) is 4.37. The number of benzene rings is 2. The molecule has 0 fully saturated rings. The lowest BCUT2D eigenvalue weighted by Gasteiger charge is -2.12. The molecule has 0 atom stereocenters. The average Bonchev–Trinajstić information content (AvgIpc) is 2.42. The first-order chi connectivity index (χ1) is 10.0. The summed E-state index contributed by atoms with van der Waals surface area (Å²) in [6.45, 7) is 3.71. The maximum atomic E-state index is 13.2. The van der Waals surface area contributed by atoms with Gasteiger partial charge in [-0.3, -0.25) is 4.98 Å². The number of nitrogens with zero attached hydrogens (tertiary/aromatic N) is 1. The summed E-state index contributed by atoms with van der Waals surface area (Å²) in [6, 6.07) is 11.8. The van der Waals surface area contributed by atoms with E-state index in [1.165, 1.54) is 12.1 Å². The summed E-state index contributed by atoms with van der Waals surface area (Å²) >= 11 is 0. The van der Waals surface area contributed by atoms with Crippen LogP contribution in [-0.4, -0.2) is 4.98 Å². The summed E-state index contributed by atoms with van der Waals surface area (Å²) in [7, 11) is 0. The number of pyridine rings is 1. The topological polar surface area (TPSA) is 48.1 Å². The minimum atomic E-state index is -0.278. The average molecular weight is 282 g/mol. The molecule has 3 aromatic rings. The van der Waals surface area contributed by atoms with Crippen molar-refractivity contribution in [1.82, 2.24) is 4.98 Å². The molecule has 3 nitrogen and oxygen atoms in total. The second-order valence-corrected chi connectivity index (χ2v) is 5.05. The second-order valence-electron chi connectivity index (χ2n) is 5.05. The summed E-state index contributed by atoms with van der Waals surface area (Å²) in [6.07, 6.45) is 0. The molecule has 106 valence electrons. The molecule has 0 aliphatic carbocycles. The van der Waals surface area contributed by atoms with Gasteiger partial charge in [-0.15, -0.1) is 0 Å². The number of nitrogens with two attached hydrogens (primary N) is 1. The van der Waals surface area contributed by atoms with E-state index < -0.39 is 0 Å². The van der Waals surface area contributed by atoms with Gasteiger partial charge >= 0.3 is 0 Å². The van der Waals surface area contributed by atoms with E-state index >= 15 is 0 Å². The van der Waals surface area contributed by atoms with Crippen LogP contribution in [0.2, 0.25) is 0 Å². The third kappa shape index (κ3) is 2.65. The van der Waals surface area contributed by atoms with Gasteiger partial charge in [0.25, 0.3) is 0 Å². The van der Waals surface area contributed by atoms with Crippen molar-refractivity contribution in [3.63, 3.8) is 0 Å². The van der Waals surface area contributed by atoms with Crippen molar-refractivity contribution < 1.29 is 9.13 Å². The molecule has 0 bridgehead atoms. The van der Waals surface area contributed by atoms with E-state index in [0.29, 0.717) is 17.2 Å². The molecule has 0 spiro atoms. The van der Waals surface area contributed by atoms with Crippen LogP contribution < -0.4 is 10.5 Å². The smallest absolute Gasteiger partial charge is 0.138 e. The number of hydrogen-bond donors (Lipinski definition) is 1. The molecule has 2 aromatic carbocycles. The number of nitrogen functional groups attached to an aromatic ring is 1. The normalized spacial score (nSPS) is 10.8. The number of fused-ring (bicyclic) bond motifs is 1. The molecule has 0 unspecified atom stereocenters. The molecule has 0 saturated carbocycles. The minimum Gasteiger partial charge on any atom is -0.456 e. The van der Waals surface area contributed by atoms with Crippen LogP contribution >= 0.6 is 0 Å². The Balaban J connectivity index is 2.13. The molecule has 4 heteroatoms. The van der Waals surface area contributed by atoms with Crippen molar-refractivity contribution in [1.29, 1.82) is 0 Å². The summed E-state index contributed by atoms with van der Waals surface area (Å²) in [5.41, 5.74) is 8.89. The number of ether oxygens (including phenoxy) is 1. The zero-order valence-electron chi connectivity index (χ0n) is 11.9. The quantitative estimate of drug-likeness (QED) is 0.710. The fraction of sp³-hybridized carbons (Fsp3) is 0.118. The van der Waals surface area contributed by atoms with E-state index in [1.807, 2.05) is 38.1 Å². The molecule has 2 N–H and O–H groups in total. The van der Waals surface area contributed by atoms with Gasteiger partial charge in [-0.2, -0.15) is 0 Å². The van der Waals surface area contributed by atoms with E-state index in [2.05, 4.69) is 4.98 Å². The zero-order valence-corrected chi connectivity index (χ0v) is 11.9. The SMILES string of the molecule is Cc1cc(Oc2ccc(F)cc2C)c2cc(N)ccc2n1.